The van der Waals surface area contributed by atoms with E-state index >= 15 is 0 Å². The maximum Gasteiger partial charge on any atom is 0.255 e. The van der Waals surface area contributed by atoms with E-state index in [9.17, 15) is 13.6 Å². The van der Waals surface area contributed by atoms with Gasteiger partial charge in [0.15, 0.2) is 11.6 Å². The fraction of sp³-hybridized carbons (Fsp3) is 0.103. The van der Waals surface area contributed by atoms with Crippen LogP contribution < -0.4 is 5.32 Å². The summed E-state index contributed by atoms with van der Waals surface area (Å²) in [6, 6.07) is 21.1. The van der Waals surface area contributed by atoms with E-state index in [1.807, 2.05) is 68.4 Å². The molecule has 0 unspecified atom stereocenters. The predicted octanol–water partition coefficient (Wildman–Crippen LogP) is 7.12. The number of fused-ring (bicyclic) bond motifs is 1. The van der Waals surface area contributed by atoms with Crippen LogP contribution in [-0.2, 0) is 0 Å². The molecule has 35 heavy (non-hydrogen) atoms. The molecule has 6 heteroatoms. The van der Waals surface area contributed by atoms with E-state index in [4.69, 9.17) is 0 Å². The zero-order chi connectivity index (χ0) is 24.7. The number of aromatic nitrogens is 2. The number of hydrogen-bond acceptors (Lipinski definition) is 2. The summed E-state index contributed by atoms with van der Waals surface area (Å²) in [4.78, 5) is 17.8. The number of imidazole rings is 1. The first-order chi connectivity index (χ1) is 16.8. The molecule has 0 saturated heterocycles. The highest BCUT2D eigenvalue weighted by Crippen LogP contribution is 2.33. The Hall–Kier alpha value is -4.32. The molecule has 2 aromatic heterocycles. The lowest BCUT2D eigenvalue weighted by atomic mass is 9.99. The summed E-state index contributed by atoms with van der Waals surface area (Å²) < 4.78 is 30.3. The molecule has 0 aliphatic carbocycles. The van der Waals surface area contributed by atoms with E-state index < -0.39 is 11.6 Å². The third kappa shape index (κ3) is 4.08. The van der Waals surface area contributed by atoms with E-state index in [2.05, 4.69) is 10.3 Å². The molecule has 0 spiro atoms. The van der Waals surface area contributed by atoms with Crippen molar-refractivity contribution in [1.82, 2.24) is 9.38 Å². The molecule has 0 aliphatic heterocycles. The van der Waals surface area contributed by atoms with Gasteiger partial charge >= 0.3 is 0 Å². The van der Waals surface area contributed by atoms with Gasteiger partial charge in [-0.2, -0.15) is 0 Å². The molecule has 1 amide bonds. The summed E-state index contributed by atoms with van der Waals surface area (Å²) in [6.07, 6.45) is 1.78. The SMILES string of the molecule is Cc1ccc(NC(=O)c2cc(-c3cccn4c(-c5cccc(F)c5F)c(C)nc34)ccc2C)cc1. The number of nitrogens with zero attached hydrogens (tertiary/aromatic N) is 2. The summed E-state index contributed by atoms with van der Waals surface area (Å²) in [5, 5.41) is 2.95. The number of amides is 1. The molecule has 1 N–H and O–H groups in total. The number of nitrogens with one attached hydrogen (secondary N) is 1. The average molecular weight is 468 g/mol. The molecule has 0 fully saturated rings. The number of carbonyl (C=O) groups is 1. The van der Waals surface area contributed by atoms with Crippen molar-refractivity contribution in [3.63, 3.8) is 0 Å². The van der Waals surface area contributed by atoms with Crippen LogP contribution in [0.5, 0.6) is 0 Å². The summed E-state index contributed by atoms with van der Waals surface area (Å²) in [7, 11) is 0. The molecule has 0 saturated carbocycles. The number of aryl methyl sites for hydroxylation is 3. The van der Waals surface area contributed by atoms with E-state index in [1.165, 1.54) is 6.07 Å². The normalized spacial score (nSPS) is 11.1. The fourth-order valence-corrected chi connectivity index (χ4v) is 4.29. The third-order valence-electron chi connectivity index (χ3n) is 6.13. The molecule has 174 valence electrons. The maximum atomic E-state index is 14.6. The van der Waals surface area contributed by atoms with E-state index in [1.54, 1.807) is 23.6 Å². The van der Waals surface area contributed by atoms with Crippen LogP contribution in [0.15, 0.2) is 79.0 Å². The average Bonchev–Trinajstić information content (AvgIpc) is 3.18. The second-order valence-electron chi connectivity index (χ2n) is 8.61. The minimum atomic E-state index is -0.909. The smallest absolute Gasteiger partial charge is 0.255 e. The van der Waals surface area contributed by atoms with Crippen LogP contribution in [0.3, 0.4) is 0 Å². The van der Waals surface area contributed by atoms with Crippen LogP contribution in [-0.4, -0.2) is 15.3 Å². The summed E-state index contributed by atoms with van der Waals surface area (Å²) in [6.45, 7) is 5.65. The Morgan fingerprint density at radius 2 is 1.63 bits per heavy atom. The highest BCUT2D eigenvalue weighted by Gasteiger charge is 2.20. The Labute approximate surface area is 201 Å². The quantitative estimate of drug-likeness (QED) is 0.306. The Morgan fingerprint density at radius 1 is 0.886 bits per heavy atom. The second-order valence-corrected chi connectivity index (χ2v) is 8.61. The number of hydrogen-bond donors (Lipinski definition) is 1. The van der Waals surface area contributed by atoms with E-state index in [-0.39, 0.29) is 11.5 Å². The van der Waals surface area contributed by atoms with E-state index in [0.29, 0.717) is 22.6 Å². The molecular weight excluding hydrogens is 444 g/mol. The van der Waals surface area contributed by atoms with Crippen molar-refractivity contribution in [2.75, 3.05) is 5.32 Å². The molecule has 0 aliphatic rings. The van der Waals surface area contributed by atoms with Gasteiger partial charge in [0.1, 0.15) is 5.65 Å². The van der Waals surface area contributed by atoms with Gasteiger partial charge in [-0.1, -0.05) is 35.9 Å². The van der Waals surface area contributed by atoms with Crippen LogP contribution in [0.2, 0.25) is 0 Å². The lowest BCUT2D eigenvalue weighted by Gasteiger charge is -2.11. The van der Waals surface area contributed by atoms with Crippen molar-refractivity contribution in [3.8, 4) is 22.4 Å². The highest BCUT2D eigenvalue weighted by molar-refractivity contribution is 6.06. The highest BCUT2D eigenvalue weighted by atomic mass is 19.2. The van der Waals surface area contributed by atoms with Crippen LogP contribution >= 0.6 is 0 Å². The Morgan fingerprint density at radius 3 is 2.40 bits per heavy atom. The molecule has 5 rings (SSSR count). The summed E-state index contributed by atoms with van der Waals surface area (Å²) >= 11 is 0. The van der Waals surface area contributed by atoms with Gasteiger partial charge in [0, 0.05) is 28.6 Å². The van der Waals surface area contributed by atoms with Gasteiger partial charge in [-0.05, 0) is 74.4 Å². The lowest BCUT2D eigenvalue weighted by molar-refractivity contribution is 0.102. The maximum absolute atomic E-state index is 14.6. The fourth-order valence-electron chi connectivity index (χ4n) is 4.29. The van der Waals surface area contributed by atoms with Crippen molar-refractivity contribution in [3.05, 3.63) is 113 Å². The first kappa shape index (κ1) is 22.5. The van der Waals surface area contributed by atoms with Crippen LogP contribution in [0.25, 0.3) is 28.0 Å². The number of carbonyl (C=O) groups excluding carboxylic acids is 1. The zero-order valence-corrected chi connectivity index (χ0v) is 19.6. The predicted molar refractivity (Wildman–Crippen MR) is 135 cm³/mol. The molecule has 0 radical (unpaired) electrons. The summed E-state index contributed by atoms with van der Waals surface area (Å²) in [5.41, 5.74) is 6.60. The molecule has 0 bridgehead atoms. The van der Waals surface area contributed by atoms with Gasteiger partial charge < -0.3 is 5.32 Å². The first-order valence-corrected chi connectivity index (χ1v) is 11.2. The topological polar surface area (TPSA) is 46.4 Å². The van der Waals surface area contributed by atoms with E-state index in [0.717, 1.165) is 34.0 Å². The summed E-state index contributed by atoms with van der Waals surface area (Å²) in [5.74, 6) is -2.02. The van der Waals surface area contributed by atoms with Crippen molar-refractivity contribution in [1.29, 1.82) is 0 Å². The zero-order valence-electron chi connectivity index (χ0n) is 19.6. The van der Waals surface area contributed by atoms with Gasteiger partial charge in [-0.3, -0.25) is 9.20 Å². The minimum absolute atomic E-state index is 0.147. The number of anilines is 1. The van der Waals surface area contributed by atoms with Gasteiger partial charge in [0.25, 0.3) is 5.91 Å². The number of halogens is 2. The van der Waals surface area contributed by atoms with Crippen molar-refractivity contribution in [2.45, 2.75) is 20.8 Å². The number of rotatable bonds is 4. The molecular formula is C29H23F2N3O. The Kier molecular flexibility index (Phi) is 5.65. The monoisotopic (exact) mass is 467 g/mol. The standard InChI is InChI=1S/C29H23F2N3O/c1-17-9-13-21(14-10-17)33-29(35)24-16-20(12-11-18(24)2)22-7-5-15-34-27(19(3)32-28(22)34)23-6-4-8-25(30)26(23)31/h4-16H,1-3H3,(H,33,35). The van der Waals surface area contributed by atoms with Gasteiger partial charge in [-0.25, -0.2) is 13.8 Å². The van der Waals surface area contributed by atoms with Gasteiger partial charge in [0.2, 0.25) is 0 Å². The van der Waals surface area contributed by atoms with Crippen molar-refractivity contribution in [2.24, 2.45) is 0 Å². The third-order valence-corrected chi connectivity index (χ3v) is 6.13. The van der Waals surface area contributed by atoms with Crippen LogP contribution in [0.4, 0.5) is 14.5 Å². The number of pyridine rings is 1. The molecule has 5 aromatic rings. The lowest BCUT2D eigenvalue weighted by Crippen LogP contribution is -2.13. The second kappa shape index (κ2) is 8.80. The van der Waals surface area contributed by atoms with Crippen LogP contribution in [0, 0.1) is 32.4 Å². The molecule has 4 nitrogen and oxygen atoms in total. The molecule has 3 aromatic carbocycles. The first-order valence-electron chi connectivity index (χ1n) is 11.2. The largest absolute Gasteiger partial charge is 0.322 e. The Bertz CT molecular complexity index is 1590. The van der Waals surface area contributed by atoms with Gasteiger partial charge in [-0.15, -0.1) is 0 Å². The van der Waals surface area contributed by atoms with Crippen molar-refractivity contribution < 1.29 is 13.6 Å². The molecule has 2 heterocycles. The van der Waals surface area contributed by atoms with Gasteiger partial charge in [0.05, 0.1) is 11.4 Å². The Balaban J connectivity index is 1.59. The van der Waals surface area contributed by atoms with Crippen LogP contribution in [0.1, 0.15) is 27.2 Å². The van der Waals surface area contributed by atoms with Crippen molar-refractivity contribution >= 4 is 17.2 Å². The number of benzene rings is 3. The minimum Gasteiger partial charge on any atom is -0.322 e. The molecule has 0 atom stereocenters.